The summed E-state index contributed by atoms with van der Waals surface area (Å²) in [6, 6.07) is 5.68. The van der Waals surface area contributed by atoms with Gasteiger partial charge < -0.3 is 19.5 Å². The molecular formula is C17H23NO5. The van der Waals surface area contributed by atoms with Crippen molar-refractivity contribution in [1.82, 2.24) is 5.32 Å². The Morgan fingerprint density at radius 2 is 1.91 bits per heavy atom. The Bertz CT molecular complexity index is 591. The third kappa shape index (κ3) is 5.16. The normalized spacial score (nSPS) is 16.4. The Morgan fingerprint density at radius 1 is 1.22 bits per heavy atom. The number of alkyl carbamates (subject to hydrolysis) is 1. The number of carbonyl (C=O) groups excluding carboxylic acids is 2. The maximum Gasteiger partial charge on any atom is 0.407 e. The topological polar surface area (TPSA) is 73.9 Å². The summed E-state index contributed by atoms with van der Waals surface area (Å²) in [5.41, 5.74) is 1.76. The van der Waals surface area contributed by atoms with E-state index in [4.69, 9.17) is 9.47 Å². The van der Waals surface area contributed by atoms with Gasteiger partial charge in [-0.1, -0.05) is 6.07 Å². The van der Waals surface area contributed by atoms with Crippen molar-refractivity contribution in [3.05, 3.63) is 29.3 Å². The number of benzene rings is 1. The standard InChI is InChI=1S/C17H23NO5/c1-17(2,3)23-16(20)18-13-7-11-5-6-14(9-12(11)8-13)22-10-15(19)21-4/h5-6,9,13H,7-8,10H2,1-4H3,(H,18,20). The van der Waals surface area contributed by atoms with Crippen molar-refractivity contribution in [2.24, 2.45) is 0 Å². The van der Waals surface area contributed by atoms with Crippen molar-refractivity contribution in [3.63, 3.8) is 0 Å². The zero-order valence-electron chi connectivity index (χ0n) is 14.0. The minimum absolute atomic E-state index is 0.00991. The number of esters is 1. The lowest BCUT2D eigenvalue weighted by atomic mass is 10.1. The largest absolute Gasteiger partial charge is 0.482 e. The molecule has 1 aromatic rings. The van der Waals surface area contributed by atoms with Crippen LogP contribution in [0.5, 0.6) is 5.75 Å². The molecule has 1 aromatic carbocycles. The fourth-order valence-electron chi connectivity index (χ4n) is 2.46. The van der Waals surface area contributed by atoms with Gasteiger partial charge in [-0.05, 0) is 56.9 Å². The molecule has 1 unspecified atom stereocenters. The Balaban J connectivity index is 1.91. The first-order valence-corrected chi connectivity index (χ1v) is 7.58. The van der Waals surface area contributed by atoms with E-state index in [9.17, 15) is 9.59 Å². The minimum Gasteiger partial charge on any atom is -0.482 e. The number of amides is 1. The van der Waals surface area contributed by atoms with E-state index in [1.807, 2.05) is 39.0 Å². The van der Waals surface area contributed by atoms with Gasteiger partial charge in [0, 0.05) is 6.04 Å². The number of fused-ring (bicyclic) bond motifs is 1. The van der Waals surface area contributed by atoms with Crippen LogP contribution in [-0.2, 0) is 27.1 Å². The van der Waals surface area contributed by atoms with Crippen LogP contribution < -0.4 is 10.1 Å². The Labute approximate surface area is 136 Å². The lowest BCUT2D eigenvalue weighted by Gasteiger charge is -2.21. The Morgan fingerprint density at radius 3 is 2.57 bits per heavy atom. The third-order valence-electron chi connectivity index (χ3n) is 3.42. The molecule has 0 heterocycles. The number of ether oxygens (including phenoxy) is 3. The van der Waals surface area contributed by atoms with E-state index < -0.39 is 17.7 Å². The van der Waals surface area contributed by atoms with Crippen LogP contribution in [0.2, 0.25) is 0 Å². The van der Waals surface area contributed by atoms with E-state index in [1.54, 1.807) is 0 Å². The van der Waals surface area contributed by atoms with E-state index in [2.05, 4.69) is 10.1 Å². The highest BCUT2D eigenvalue weighted by atomic mass is 16.6. The van der Waals surface area contributed by atoms with Crippen LogP contribution in [0.3, 0.4) is 0 Å². The second-order valence-corrected chi connectivity index (χ2v) is 6.55. The molecule has 23 heavy (non-hydrogen) atoms. The molecule has 1 atom stereocenters. The number of hydrogen-bond donors (Lipinski definition) is 1. The predicted octanol–water partition coefficient (Wildman–Crippen LogP) is 2.23. The van der Waals surface area contributed by atoms with Crippen molar-refractivity contribution < 1.29 is 23.8 Å². The van der Waals surface area contributed by atoms with Gasteiger partial charge in [0.05, 0.1) is 7.11 Å². The van der Waals surface area contributed by atoms with Crippen molar-refractivity contribution in [2.45, 2.75) is 45.3 Å². The molecule has 6 heteroatoms. The predicted molar refractivity (Wildman–Crippen MR) is 84.5 cm³/mol. The van der Waals surface area contributed by atoms with Crippen molar-refractivity contribution in [1.29, 1.82) is 0 Å². The molecule has 126 valence electrons. The summed E-state index contributed by atoms with van der Waals surface area (Å²) in [7, 11) is 1.32. The Kier molecular flexibility index (Phi) is 5.13. The summed E-state index contributed by atoms with van der Waals surface area (Å²) in [4.78, 5) is 22.9. The van der Waals surface area contributed by atoms with E-state index >= 15 is 0 Å². The first-order chi connectivity index (χ1) is 10.8. The average molecular weight is 321 g/mol. The van der Waals surface area contributed by atoms with E-state index in [-0.39, 0.29) is 12.6 Å². The second-order valence-electron chi connectivity index (χ2n) is 6.55. The van der Waals surface area contributed by atoms with Gasteiger partial charge in [0.1, 0.15) is 11.4 Å². The number of carbonyl (C=O) groups is 2. The van der Waals surface area contributed by atoms with E-state index in [1.165, 1.54) is 7.11 Å². The molecular weight excluding hydrogens is 298 g/mol. The van der Waals surface area contributed by atoms with Gasteiger partial charge in [0.25, 0.3) is 0 Å². The van der Waals surface area contributed by atoms with Crippen LogP contribution in [0, 0.1) is 0 Å². The summed E-state index contributed by atoms with van der Waals surface area (Å²) in [5, 5.41) is 2.89. The van der Waals surface area contributed by atoms with Gasteiger partial charge in [-0.3, -0.25) is 0 Å². The van der Waals surface area contributed by atoms with E-state index in [0.717, 1.165) is 17.5 Å². The molecule has 0 bridgehead atoms. The van der Waals surface area contributed by atoms with Gasteiger partial charge in [0.2, 0.25) is 0 Å². The lowest BCUT2D eigenvalue weighted by molar-refractivity contribution is -0.142. The highest BCUT2D eigenvalue weighted by Gasteiger charge is 2.25. The minimum atomic E-state index is -0.509. The second kappa shape index (κ2) is 6.89. The number of rotatable bonds is 4. The highest BCUT2D eigenvalue weighted by molar-refractivity contribution is 5.71. The third-order valence-corrected chi connectivity index (χ3v) is 3.42. The molecule has 0 aromatic heterocycles. The summed E-state index contributed by atoms with van der Waals surface area (Å²) in [6.45, 7) is 5.39. The molecule has 0 spiro atoms. The van der Waals surface area contributed by atoms with Gasteiger partial charge in [-0.2, -0.15) is 0 Å². The van der Waals surface area contributed by atoms with Gasteiger partial charge in [-0.25, -0.2) is 9.59 Å². The molecule has 0 saturated carbocycles. The average Bonchev–Trinajstić information content (AvgIpc) is 2.83. The van der Waals surface area contributed by atoms with Crippen molar-refractivity contribution >= 4 is 12.1 Å². The molecule has 1 aliphatic carbocycles. The van der Waals surface area contributed by atoms with E-state index in [0.29, 0.717) is 12.2 Å². The molecule has 0 fully saturated rings. The van der Waals surface area contributed by atoms with Gasteiger partial charge >= 0.3 is 12.1 Å². The van der Waals surface area contributed by atoms with Gasteiger partial charge in [-0.15, -0.1) is 0 Å². The molecule has 1 aliphatic rings. The molecule has 2 rings (SSSR count). The van der Waals surface area contributed by atoms with Crippen LogP contribution in [-0.4, -0.2) is 37.4 Å². The summed E-state index contributed by atoms with van der Waals surface area (Å²) < 4.78 is 15.2. The van der Waals surface area contributed by atoms with Crippen LogP contribution >= 0.6 is 0 Å². The summed E-state index contributed by atoms with van der Waals surface area (Å²) in [6.07, 6.45) is 1.06. The fraction of sp³-hybridized carbons (Fsp3) is 0.529. The molecule has 0 saturated heterocycles. The monoisotopic (exact) mass is 321 g/mol. The maximum absolute atomic E-state index is 11.8. The molecule has 0 radical (unpaired) electrons. The van der Waals surface area contributed by atoms with Crippen LogP contribution in [0.4, 0.5) is 4.79 Å². The summed E-state index contributed by atoms with van der Waals surface area (Å²) in [5.74, 6) is 0.196. The van der Waals surface area contributed by atoms with Crippen LogP contribution in [0.1, 0.15) is 31.9 Å². The summed E-state index contributed by atoms with van der Waals surface area (Å²) >= 11 is 0. The zero-order valence-corrected chi connectivity index (χ0v) is 14.0. The molecule has 0 aliphatic heterocycles. The Hall–Kier alpha value is -2.24. The number of nitrogens with one attached hydrogen (secondary N) is 1. The number of hydrogen-bond acceptors (Lipinski definition) is 5. The zero-order chi connectivity index (χ0) is 17.0. The quantitative estimate of drug-likeness (QED) is 0.861. The molecule has 1 amide bonds. The van der Waals surface area contributed by atoms with Crippen LogP contribution in [0.25, 0.3) is 0 Å². The first-order valence-electron chi connectivity index (χ1n) is 7.58. The fourth-order valence-corrected chi connectivity index (χ4v) is 2.46. The first kappa shape index (κ1) is 17.1. The number of methoxy groups -OCH3 is 1. The smallest absolute Gasteiger partial charge is 0.407 e. The lowest BCUT2D eigenvalue weighted by Crippen LogP contribution is -2.39. The maximum atomic E-state index is 11.8. The van der Waals surface area contributed by atoms with Crippen LogP contribution in [0.15, 0.2) is 18.2 Å². The SMILES string of the molecule is COC(=O)COc1ccc2c(c1)CC(NC(=O)OC(C)(C)C)C2. The van der Waals surface area contributed by atoms with Crippen molar-refractivity contribution in [3.8, 4) is 5.75 Å². The highest BCUT2D eigenvalue weighted by Crippen LogP contribution is 2.26. The van der Waals surface area contributed by atoms with Crippen molar-refractivity contribution in [2.75, 3.05) is 13.7 Å². The molecule has 6 nitrogen and oxygen atoms in total. The molecule has 1 N–H and O–H groups in total. The van der Waals surface area contributed by atoms with Gasteiger partial charge in [0.15, 0.2) is 6.61 Å².